The van der Waals surface area contributed by atoms with Crippen molar-refractivity contribution in [3.05, 3.63) is 0 Å². The van der Waals surface area contributed by atoms with Gasteiger partial charge in [-0.2, -0.15) is 0 Å². The minimum absolute atomic E-state index is 0.00138. The molecule has 0 aliphatic carbocycles. The maximum absolute atomic E-state index is 14.1. The number of nitrogens with two attached hydrogens (primary N) is 2. The number of hydrogen-bond donors (Lipinski definition) is 16. The van der Waals surface area contributed by atoms with E-state index in [4.69, 9.17) is 11.5 Å². The minimum atomic E-state index is -1.74. The summed E-state index contributed by atoms with van der Waals surface area (Å²) in [6, 6.07) is -11.8. The van der Waals surface area contributed by atoms with Gasteiger partial charge in [-0.1, -0.05) is 0 Å². The highest BCUT2D eigenvalue weighted by Gasteiger charge is 2.36. The molecule has 0 saturated heterocycles. The Bertz CT molecular complexity index is 1720. The van der Waals surface area contributed by atoms with E-state index in [-0.39, 0.29) is 19.1 Å². The van der Waals surface area contributed by atoms with Gasteiger partial charge in [-0.15, -0.1) is 0 Å². The van der Waals surface area contributed by atoms with E-state index in [1.807, 2.05) is 21.1 Å². The van der Waals surface area contributed by atoms with Crippen molar-refractivity contribution in [1.29, 1.82) is 0 Å². The highest BCUT2D eigenvalue weighted by Crippen LogP contribution is 2.10. The van der Waals surface area contributed by atoms with Crippen LogP contribution in [0.5, 0.6) is 0 Å². The molecule has 0 aromatic heterocycles. The number of carbonyl (C=O) groups excluding carboxylic acids is 10. The van der Waals surface area contributed by atoms with Crippen LogP contribution >= 0.6 is 0 Å². The lowest BCUT2D eigenvalue weighted by Gasteiger charge is -2.29. The molecule has 0 aliphatic rings. The summed E-state index contributed by atoms with van der Waals surface area (Å²) < 4.78 is 0.580. The number of carbonyl (C=O) groups is 10. The van der Waals surface area contributed by atoms with Crippen LogP contribution in [0.2, 0.25) is 0 Å². The Morgan fingerprint density at radius 2 is 0.899 bits per heavy atom. The molecule has 0 rings (SSSR count). The van der Waals surface area contributed by atoms with E-state index in [1.54, 1.807) is 14.1 Å². The largest absolute Gasteiger partial charge is 0.391 e. The third-order valence-electron chi connectivity index (χ3n) is 10.6. The van der Waals surface area contributed by atoms with Gasteiger partial charge < -0.3 is 74.4 Å². The molecule has 0 aromatic rings. The number of nitrogens with one attached hydrogen (secondary N) is 11. The molecule has 27 nitrogen and oxygen atoms in total. The highest BCUT2D eigenvalue weighted by molar-refractivity contribution is 5.98. The van der Waals surface area contributed by atoms with Crippen molar-refractivity contribution >= 4 is 59.1 Å². The lowest BCUT2D eigenvalue weighted by atomic mass is 10.0. The third-order valence-corrected chi connectivity index (χ3v) is 10.6. The van der Waals surface area contributed by atoms with Gasteiger partial charge in [0.05, 0.1) is 39.9 Å². The fourth-order valence-corrected chi connectivity index (χ4v) is 6.28. The smallest absolute Gasteiger partial charge is 0.278 e. The van der Waals surface area contributed by atoms with Crippen LogP contribution < -0.4 is 75.7 Å². The summed E-state index contributed by atoms with van der Waals surface area (Å²) >= 11 is 0. The molecule has 20 N–H and O–H groups in total. The van der Waals surface area contributed by atoms with Crippen LogP contribution in [0, 0.1) is 0 Å². The van der Waals surface area contributed by atoms with Gasteiger partial charge in [0, 0.05) is 6.42 Å². The summed E-state index contributed by atoms with van der Waals surface area (Å²) in [5.41, 5.74) is 14.2. The Labute approximate surface area is 404 Å². The average molecular weight is 990 g/mol. The van der Waals surface area contributed by atoms with Crippen molar-refractivity contribution in [3.63, 3.8) is 0 Å². The van der Waals surface area contributed by atoms with Gasteiger partial charge in [0.15, 0.2) is 6.04 Å². The van der Waals surface area contributed by atoms with Crippen molar-refractivity contribution in [2.75, 3.05) is 48.3 Å². The maximum atomic E-state index is 14.1. The SMILES string of the molecule is CNC(NC)NCCC[C@H](NC(=O)[C@H](C)[NH3+])C(=O)N[C@H](C(=O)N[C@@H](CCCC[N+](C)(C)C)C(=O)N[C@@H](CCC(N)=O)C(=O)N[C@H](C(=O)N[C@@H](C)C(=O)N[C@@H](C)C(=O)N[C@@H](C)C(N)=O)[C@@H](C)O)[C@@H](C)O. The lowest BCUT2D eigenvalue weighted by molar-refractivity contribution is -0.870. The minimum Gasteiger partial charge on any atom is -0.391 e. The van der Waals surface area contributed by atoms with Gasteiger partial charge in [-0.05, 0) is 101 Å². The first-order valence-corrected chi connectivity index (χ1v) is 23.0. The predicted octanol–water partition coefficient (Wildman–Crippen LogP) is -7.96. The van der Waals surface area contributed by atoms with Crippen molar-refractivity contribution in [3.8, 4) is 0 Å². The summed E-state index contributed by atoms with van der Waals surface area (Å²) in [5, 5.41) is 50.0. The third kappa shape index (κ3) is 25.6. The van der Waals surface area contributed by atoms with Gasteiger partial charge in [0.1, 0.15) is 54.6 Å². The van der Waals surface area contributed by atoms with E-state index in [0.29, 0.717) is 36.8 Å². The van der Waals surface area contributed by atoms with Crippen molar-refractivity contribution < 1.29 is 68.4 Å². The Morgan fingerprint density at radius 3 is 1.32 bits per heavy atom. The van der Waals surface area contributed by atoms with Gasteiger partial charge >= 0.3 is 0 Å². The number of amides is 10. The Morgan fingerprint density at radius 1 is 0.507 bits per heavy atom. The molecule has 27 heteroatoms. The van der Waals surface area contributed by atoms with Crippen LogP contribution in [0.4, 0.5) is 0 Å². The van der Waals surface area contributed by atoms with E-state index in [2.05, 4.69) is 64.2 Å². The van der Waals surface area contributed by atoms with Crippen LogP contribution in [-0.2, 0) is 47.9 Å². The van der Waals surface area contributed by atoms with Gasteiger partial charge in [-0.25, -0.2) is 0 Å². The van der Waals surface area contributed by atoms with Crippen molar-refractivity contribution in [1.82, 2.24) is 58.5 Å². The van der Waals surface area contributed by atoms with Gasteiger partial charge in [-0.3, -0.25) is 63.9 Å². The molecule has 10 amide bonds. The molecule has 69 heavy (non-hydrogen) atoms. The molecule has 11 atom stereocenters. The van der Waals surface area contributed by atoms with Crippen molar-refractivity contribution in [2.24, 2.45) is 11.5 Å². The summed E-state index contributed by atoms with van der Waals surface area (Å²) in [6.45, 7) is 8.95. The molecule has 0 aliphatic heterocycles. The zero-order valence-corrected chi connectivity index (χ0v) is 42.1. The van der Waals surface area contributed by atoms with E-state index < -0.39 is 138 Å². The summed E-state index contributed by atoms with van der Waals surface area (Å²) in [5.74, 6) is -8.60. The second-order valence-electron chi connectivity index (χ2n) is 18.3. The number of aliphatic hydroxyl groups excluding tert-OH is 2. The molecule has 0 heterocycles. The van der Waals surface area contributed by atoms with Crippen molar-refractivity contribution in [2.45, 2.75) is 159 Å². The van der Waals surface area contributed by atoms with Gasteiger partial charge in [0.2, 0.25) is 53.2 Å². The predicted molar refractivity (Wildman–Crippen MR) is 252 cm³/mol. The molecular formula is C42H83N15O12+2. The molecule has 0 bridgehead atoms. The second kappa shape index (κ2) is 31.5. The molecule has 0 radical (unpaired) electrons. The summed E-state index contributed by atoms with van der Waals surface area (Å²) in [4.78, 5) is 130. The quantitative estimate of drug-likeness (QED) is 0.0162. The van der Waals surface area contributed by atoms with E-state index in [0.717, 1.165) is 6.92 Å². The summed E-state index contributed by atoms with van der Waals surface area (Å²) in [6.07, 6.45) is -2.69. The Kier molecular flexibility index (Phi) is 29.0. The average Bonchev–Trinajstić information content (AvgIpc) is 3.25. The number of unbranched alkanes of at least 4 members (excludes halogenated alkanes) is 1. The number of primary amides is 2. The topological polar surface area (TPSA) is 423 Å². The van der Waals surface area contributed by atoms with Crippen LogP contribution in [0.15, 0.2) is 0 Å². The van der Waals surface area contributed by atoms with Crippen LogP contribution in [0.3, 0.4) is 0 Å². The Balaban J connectivity index is 6.48. The zero-order chi connectivity index (χ0) is 53.3. The fourth-order valence-electron chi connectivity index (χ4n) is 6.28. The molecule has 0 aromatic carbocycles. The number of quaternary nitrogens is 2. The molecule has 396 valence electrons. The van der Waals surface area contributed by atoms with Crippen LogP contribution in [0.1, 0.15) is 86.5 Å². The normalized spacial score (nSPS) is 16.3. The maximum Gasteiger partial charge on any atom is 0.278 e. The highest BCUT2D eigenvalue weighted by atomic mass is 16.3. The first kappa shape index (κ1) is 63.4. The van der Waals surface area contributed by atoms with Crippen LogP contribution in [-0.4, -0.2) is 195 Å². The standard InChI is InChI=1S/C42H81N15O12/c1-21(43)34(62)52-28(16-14-19-48-42(46-7)47-8)38(66)56-32(26(6)59)41(69)54-27(15-12-13-20-57(9,10)11)37(65)53-29(17-18-30(44)60)39(67)55-31(25(5)58)40(68)51-24(4)36(64)50-23(3)35(63)49-22(2)33(45)61/h21-29,31-32,42,46-48,58-59H,12-20,43H2,1-11H3,(H11-,44,45,49,50,51,52,53,54,55,56,60,61,62,63,64,65,66,67,68,69)/p+2/t21-,22-,23-,24-,25+,26+,27-,28-,29-,31-,32-/m0/s1. The molecule has 0 fully saturated rings. The number of hydrogen-bond acceptors (Lipinski definition) is 15. The molecule has 0 unspecified atom stereocenters. The summed E-state index contributed by atoms with van der Waals surface area (Å²) in [7, 11) is 9.35. The van der Waals surface area contributed by atoms with Crippen LogP contribution in [0.25, 0.3) is 0 Å². The first-order chi connectivity index (χ1) is 31.9. The molecular weight excluding hydrogens is 907 g/mol. The van der Waals surface area contributed by atoms with Gasteiger partial charge in [0.25, 0.3) is 5.91 Å². The second-order valence-corrected chi connectivity index (χ2v) is 18.3. The number of nitrogens with zero attached hydrogens (tertiary/aromatic N) is 1. The molecule has 0 saturated carbocycles. The monoisotopic (exact) mass is 990 g/mol. The molecule has 0 spiro atoms. The fraction of sp³-hybridized carbons (Fsp3) is 0.762. The number of aliphatic hydroxyl groups is 2. The zero-order valence-electron chi connectivity index (χ0n) is 42.1. The lowest BCUT2D eigenvalue weighted by Crippen LogP contribution is -2.68. The van der Waals surface area contributed by atoms with E-state index in [1.165, 1.54) is 34.6 Å². The Hall–Kier alpha value is -5.58. The first-order valence-electron chi connectivity index (χ1n) is 23.0. The van der Waals surface area contributed by atoms with E-state index in [9.17, 15) is 58.2 Å². The van der Waals surface area contributed by atoms with E-state index >= 15 is 0 Å². The number of rotatable bonds is 34.